The molecule has 1 atom stereocenters. The normalized spacial score (nSPS) is 12.1. The summed E-state index contributed by atoms with van der Waals surface area (Å²) in [4.78, 5) is 30.1. The fourth-order valence-electron chi connectivity index (χ4n) is 3.95. The molecule has 3 aromatic carbocycles. The Morgan fingerprint density at radius 2 is 1.74 bits per heavy atom. The first kappa shape index (κ1) is 26.5. The van der Waals surface area contributed by atoms with E-state index in [4.69, 9.17) is 0 Å². The number of aromatic nitrogens is 4. The summed E-state index contributed by atoms with van der Waals surface area (Å²) in [5, 5.41) is 25.1. The predicted octanol–water partition coefficient (Wildman–Crippen LogP) is 4.18. The van der Waals surface area contributed by atoms with Gasteiger partial charge in [0.1, 0.15) is 24.2 Å². The number of hydrogen-bond acceptors (Lipinski definition) is 6. The van der Waals surface area contributed by atoms with E-state index in [1.54, 1.807) is 24.3 Å². The Morgan fingerprint density at radius 3 is 2.37 bits per heavy atom. The van der Waals surface area contributed by atoms with E-state index in [1.165, 1.54) is 41.3 Å². The Bertz CT molecular complexity index is 1430. The molecule has 38 heavy (non-hydrogen) atoms. The third-order valence-electron chi connectivity index (χ3n) is 5.59. The minimum Gasteiger partial charge on any atom is -0.508 e. The van der Waals surface area contributed by atoms with Crippen LogP contribution in [0.15, 0.2) is 72.8 Å². The van der Waals surface area contributed by atoms with Crippen molar-refractivity contribution in [1.29, 1.82) is 0 Å². The van der Waals surface area contributed by atoms with Crippen molar-refractivity contribution in [3.63, 3.8) is 0 Å². The number of hydrogen-bond donors (Lipinski definition) is 2. The summed E-state index contributed by atoms with van der Waals surface area (Å²) in [6.07, 6.45) is 0. The van der Waals surface area contributed by atoms with Gasteiger partial charge in [0.2, 0.25) is 11.7 Å². The molecule has 0 aliphatic heterocycles. The second kappa shape index (κ2) is 10.8. The zero-order valence-corrected chi connectivity index (χ0v) is 21.6. The van der Waals surface area contributed by atoms with Gasteiger partial charge in [-0.1, -0.05) is 24.3 Å². The van der Waals surface area contributed by atoms with E-state index in [9.17, 15) is 19.1 Å². The third-order valence-corrected chi connectivity index (χ3v) is 5.59. The van der Waals surface area contributed by atoms with Gasteiger partial charge in [-0.15, -0.1) is 10.2 Å². The largest absolute Gasteiger partial charge is 0.508 e. The molecule has 0 saturated carbocycles. The van der Waals surface area contributed by atoms with Crippen molar-refractivity contribution in [1.82, 2.24) is 25.5 Å². The van der Waals surface area contributed by atoms with Crippen LogP contribution in [0.1, 0.15) is 37.9 Å². The number of aryl methyl sites for hydroxylation is 1. The number of rotatable bonds is 7. The predicted molar refractivity (Wildman–Crippen MR) is 141 cm³/mol. The van der Waals surface area contributed by atoms with Crippen molar-refractivity contribution < 1.29 is 19.1 Å². The quantitative estimate of drug-likeness (QED) is 0.381. The van der Waals surface area contributed by atoms with Crippen LogP contribution in [0.2, 0.25) is 0 Å². The minimum absolute atomic E-state index is 0.0392. The molecular formula is C28H29FN6O3. The van der Waals surface area contributed by atoms with Crippen LogP contribution >= 0.6 is 0 Å². The Morgan fingerprint density at radius 1 is 1.05 bits per heavy atom. The lowest BCUT2D eigenvalue weighted by molar-refractivity contribution is -0.128. The SMILES string of the molecule is Cc1cccc(N(C(=O)Cn2nnc(-c3ccc(F)cc3)n2)[C@@H](C(=O)NC(C)(C)C)c2ccc(O)cc2)c1. The molecule has 1 heterocycles. The zero-order chi connectivity index (χ0) is 27.4. The summed E-state index contributed by atoms with van der Waals surface area (Å²) < 4.78 is 13.3. The number of tetrazole rings is 1. The molecule has 0 spiro atoms. The number of nitrogens with one attached hydrogen (secondary N) is 1. The number of halogens is 1. The number of amides is 2. The molecule has 9 nitrogen and oxygen atoms in total. The summed E-state index contributed by atoms with van der Waals surface area (Å²) in [6, 6.07) is 18.0. The minimum atomic E-state index is -1.05. The Labute approximate surface area is 219 Å². The maximum atomic E-state index is 13.9. The van der Waals surface area contributed by atoms with Crippen molar-refractivity contribution in [2.45, 2.75) is 45.8 Å². The highest BCUT2D eigenvalue weighted by Crippen LogP contribution is 2.30. The van der Waals surface area contributed by atoms with Crippen LogP contribution < -0.4 is 10.2 Å². The first-order chi connectivity index (χ1) is 18.0. The standard InChI is InChI=1S/C28H29FN6O3/c1-18-6-5-7-22(16-18)35(25(27(38)30-28(2,3)4)19-10-14-23(36)15-11-19)24(37)17-34-32-26(31-33-34)20-8-12-21(29)13-9-20/h5-16,25,36H,17H2,1-4H3,(H,30,38)/t25-/m1/s1. The Kier molecular flexibility index (Phi) is 7.52. The van der Waals surface area contributed by atoms with Crippen molar-refractivity contribution in [3.05, 3.63) is 89.7 Å². The van der Waals surface area contributed by atoms with Crippen LogP contribution in [0.4, 0.5) is 10.1 Å². The maximum absolute atomic E-state index is 13.9. The fraction of sp³-hybridized carbons (Fsp3) is 0.250. The lowest BCUT2D eigenvalue weighted by Gasteiger charge is -2.34. The summed E-state index contributed by atoms with van der Waals surface area (Å²) in [7, 11) is 0. The molecule has 0 unspecified atom stereocenters. The van der Waals surface area contributed by atoms with Gasteiger partial charge < -0.3 is 10.4 Å². The van der Waals surface area contributed by atoms with Gasteiger partial charge >= 0.3 is 0 Å². The summed E-state index contributed by atoms with van der Waals surface area (Å²) in [5.74, 6) is -0.964. The molecule has 0 radical (unpaired) electrons. The Hall–Kier alpha value is -4.60. The van der Waals surface area contributed by atoms with E-state index in [-0.39, 0.29) is 23.9 Å². The van der Waals surface area contributed by atoms with Crippen LogP contribution in [0, 0.1) is 12.7 Å². The second-order valence-electron chi connectivity index (χ2n) is 9.99. The van der Waals surface area contributed by atoms with Gasteiger partial charge in [0.05, 0.1) is 0 Å². The first-order valence-electron chi connectivity index (χ1n) is 12.0. The molecule has 2 N–H and O–H groups in total. The number of phenolic OH excluding ortho intramolecular Hbond substituents is 1. The average Bonchev–Trinajstić information content (AvgIpc) is 3.30. The molecule has 0 aliphatic rings. The molecule has 0 aliphatic carbocycles. The number of carbonyl (C=O) groups excluding carboxylic acids is 2. The van der Waals surface area contributed by atoms with Crippen LogP contribution in [0.25, 0.3) is 11.4 Å². The number of anilines is 1. The fourth-order valence-corrected chi connectivity index (χ4v) is 3.95. The molecule has 10 heteroatoms. The highest BCUT2D eigenvalue weighted by molar-refractivity contribution is 6.01. The lowest BCUT2D eigenvalue weighted by Crippen LogP contribution is -2.50. The van der Waals surface area contributed by atoms with Crippen LogP contribution in [0.5, 0.6) is 5.75 Å². The van der Waals surface area contributed by atoms with Gasteiger partial charge in [0.15, 0.2) is 0 Å². The smallest absolute Gasteiger partial charge is 0.251 e. The number of phenols is 1. The van der Waals surface area contributed by atoms with Crippen LogP contribution in [-0.2, 0) is 16.1 Å². The van der Waals surface area contributed by atoms with Gasteiger partial charge in [-0.3, -0.25) is 14.5 Å². The van der Waals surface area contributed by atoms with Crippen molar-refractivity contribution in [3.8, 4) is 17.1 Å². The van der Waals surface area contributed by atoms with E-state index in [1.807, 2.05) is 39.8 Å². The van der Waals surface area contributed by atoms with Gasteiger partial charge in [0.25, 0.3) is 5.91 Å². The summed E-state index contributed by atoms with van der Waals surface area (Å²) >= 11 is 0. The number of aromatic hydroxyl groups is 1. The lowest BCUT2D eigenvalue weighted by atomic mass is 10.00. The molecule has 196 valence electrons. The van der Waals surface area contributed by atoms with E-state index < -0.39 is 23.4 Å². The molecule has 4 rings (SSSR count). The number of benzene rings is 3. The topological polar surface area (TPSA) is 113 Å². The number of nitrogens with zero attached hydrogens (tertiary/aromatic N) is 5. The van der Waals surface area contributed by atoms with E-state index in [0.29, 0.717) is 16.8 Å². The zero-order valence-electron chi connectivity index (χ0n) is 21.6. The van der Waals surface area contributed by atoms with Gasteiger partial charge in [-0.2, -0.15) is 4.80 Å². The van der Waals surface area contributed by atoms with Crippen molar-refractivity contribution in [2.75, 3.05) is 4.90 Å². The maximum Gasteiger partial charge on any atom is 0.251 e. The molecule has 0 fully saturated rings. The average molecular weight is 517 g/mol. The van der Waals surface area contributed by atoms with Crippen LogP contribution in [0.3, 0.4) is 0 Å². The van der Waals surface area contributed by atoms with Gasteiger partial charge in [0, 0.05) is 16.8 Å². The highest BCUT2D eigenvalue weighted by atomic mass is 19.1. The van der Waals surface area contributed by atoms with E-state index >= 15 is 0 Å². The highest BCUT2D eigenvalue weighted by Gasteiger charge is 2.35. The molecule has 4 aromatic rings. The van der Waals surface area contributed by atoms with Crippen LogP contribution in [-0.4, -0.2) is 42.7 Å². The first-order valence-corrected chi connectivity index (χ1v) is 12.0. The number of carbonyl (C=O) groups is 2. The second-order valence-corrected chi connectivity index (χ2v) is 9.99. The Balaban J connectivity index is 1.74. The van der Waals surface area contributed by atoms with E-state index in [2.05, 4.69) is 20.7 Å². The molecule has 2 amide bonds. The summed E-state index contributed by atoms with van der Waals surface area (Å²) in [6.45, 7) is 7.15. The van der Waals surface area contributed by atoms with Crippen molar-refractivity contribution >= 4 is 17.5 Å². The molecular weight excluding hydrogens is 487 g/mol. The van der Waals surface area contributed by atoms with Gasteiger partial charge in [-0.05, 0) is 92.6 Å². The monoisotopic (exact) mass is 516 g/mol. The van der Waals surface area contributed by atoms with Crippen molar-refractivity contribution in [2.24, 2.45) is 0 Å². The molecule has 1 aromatic heterocycles. The van der Waals surface area contributed by atoms with E-state index in [0.717, 1.165) is 10.4 Å². The molecule has 0 saturated heterocycles. The van der Waals surface area contributed by atoms with Gasteiger partial charge in [-0.25, -0.2) is 4.39 Å². The summed E-state index contributed by atoms with van der Waals surface area (Å²) in [5.41, 5.74) is 1.91. The molecule has 0 bridgehead atoms. The third kappa shape index (κ3) is 6.39.